The van der Waals surface area contributed by atoms with Gasteiger partial charge in [0.1, 0.15) is 0 Å². The van der Waals surface area contributed by atoms with Crippen molar-refractivity contribution in [3.05, 3.63) is 36.7 Å². The van der Waals surface area contributed by atoms with Gasteiger partial charge in [0.15, 0.2) is 0 Å². The number of nitrogens with one attached hydrogen (secondary N) is 1. The lowest BCUT2D eigenvalue weighted by Crippen LogP contribution is -2.36. The quantitative estimate of drug-likeness (QED) is 0.876. The maximum atomic E-state index is 4.18. The van der Waals surface area contributed by atoms with Gasteiger partial charge < -0.3 is 10.2 Å². The Morgan fingerprint density at radius 3 is 2.89 bits per heavy atom. The largest absolute Gasteiger partial charge is 0.382 e. The van der Waals surface area contributed by atoms with E-state index in [1.54, 1.807) is 0 Å². The first kappa shape index (κ1) is 11.5. The molecule has 1 fully saturated rings. The van der Waals surface area contributed by atoms with Gasteiger partial charge in [0.2, 0.25) is 0 Å². The van der Waals surface area contributed by atoms with Crippen molar-refractivity contribution in [1.82, 2.24) is 9.88 Å². The predicted molar refractivity (Wildman–Crippen MR) is 75.9 cm³/mol. The topological polar surface area (TPSA) is 28.2 Å². The molecule has 2 aromatic rings. The van der Waals surface area contributed by atoms with Crippen molar-refractivity contribution < 1.29 is 0 Å². The van der Waals surface area contributed by atoms with Crippen LogP contribution in [0.5, 0.6) is 0 Å². The normalized spacial score (nSPS) is 18.1. The molecule has 1 aromatic heterocycles. The lowest BCUT2D eigenvalue weighted by atomic mass is 10.0. The molecule has 0 aliphatic carbocycles. The Morgan fingerprint density at radius 1 is 1.22 bits per heavy atom. The minimum absolute atomic E-state index is 0.597. The Hall–Kier alpha value is -1.61. The summed E-state index contributed by atoms with van der Waals surface area (Å²) in [5, 5.41) is 6.16. The number of aromatic nitrogens is 1. The number of benzene rings is 1. The minimum Gasteiger partial charge on any atom is -0.382 e. The molecule has 1 aliphatic heterocycles. The average Bonchev–Trinajstić information content (AvgIpc) is 2.42. The zero-order chi connectivity index (χ0) is 12.4. The molecule has 3 heteroatoms. The van der Waals surface area contributed by atoms with Crippen LogP contribution in [-0.4, -0.2) is 36.1 Å². The van der Waals surface area contributed by atoms with Crippen LogP contribution in [0, 0.1) is 0 Å². The molecular formula is C15H19N3. The van der Waals surface area contributed by atoms with Gasteiger partial charge in [-0.1, -0.05) is 12.1 Å². The number of hydrogen-bond donors (Lipinski definition) is 1. The third kappa shape index (κ3) is 2.31. The van der Waals surface area contributed by atoms with Gasteiger partial charge in [0.05, 0.1) is 0 Å². The zero-order valence-electron chi connectivity index (χ0n) is 10.8. The number of fused-ring (bicyclic) bond motifs is 1. The van der Waals surface area contributed by atoms with Gasteiger partial charge in [-0.05, 0) is 45.1 Å². The van der Waals surface area contributed by atoms with E-state index < -0.39 is 0 Å². The maximum absolute atomic E-state index is 4.18. The monoisotopic (exact) mass is 241 g/mol. The molecule has 1 aliphatic rings. The molecule has 0 saturated carbocycles. The zero-order valence-corrected chi connectivity index (χ0v) is 10.8. The third-order valence-corrected chi connectivity index (χ3v) is 3.76. The van der Waals surface area contributed by atoms with Crippen LogP contribution in [0.1, 0.15) is 12.8 Å². The second-order valence-electron chi connectivity index (χ2n) is 5.12. The van der Waals surface area contributed by atoms with Gasteiger partial charge in [0.25, 0.3) is 0 Å². The fourth-order valence-electron chi connectivity index (χ4n) is 2.62. The molecule has 1 N–H and O–H groups in total. The van der Waals surface area contributed by atoms with E-state index in [4.69, 9.17) is 0 Å². The average molecular weight is 241 g/mol. The van der Waals surface area contributed by atoms with Crippen LogP contribution in [0.2, 0.25) is 0 Å². The van der Waals surface area contributed by atoms with E-state index in [0.29, 0.717) is 6.04 Å². The Bertz CT molecular complexity index is 525. The van der Waals surface area contributed by atoms with Gasteiger partial charge in [-0.3, -0.25) is 4.98 Å². The van der Waals surface area contributed by atoms with E-state index >= 15 is 0 Å². The Kier molecular flexibility index (Phi) is 3.15. The summed E-state index contributed by atoms with van der Waals surface area (Å²) in [4.78, 5) is 6.57. The van der Waals surface area contributed by atoms with Crippen LogP contribution < -0.4 is 5.32 Å². The van der Waals surface area contributed by atoms with Gasteiger partial charge in [-0.2, -0.15) is 0 Å². The van der Waals surface area contributed by atoms with Gasteiger partial charge in [-0.15, -0.1) is 0 Å². The number of anilines is 1. The highest BCUT2D eigenvalue weighted by molar-refractivity contribution is 5.93. The minimum atomic E-state index is 0.597. The van der Waals surface area contributed by atoms with Gasteiger partial charge in [-0.25, -0.2) is 0 Å². The standard InChI is InChI=1S/C15H19N3/c1-18-9-6-13(7-10-18)17-15-4-2-3-12-11-16-8-5-14(12)15/h2-5,8,11,13,17H,6-7,9-10H2,1H3. The van der Waals surface area contributed by atoms with Gasteiger partial charge >= 0.3 is 0 Å². The van der Waals surface area contributed by atoms with E-state index in [2.05, 4.69) is 46.5 Å². The molecule has 0 amide bonds. The van der Waals surface area contributed by atoms with Crippen molar-refractivity contribution in [2.75, 3.05) is 25.5 Å². The van der Waals surface area contributed by atoms with E-state index in [0.717, 1.165) is 0 Å². The lowest BCUT2D eigenvalue weighted by Gasteiger charge is -2.30. The molecular weight excluding hydrogens is 222 g/mol. The molecule has 0 unspecified atom stereocenters. The molecule has 1 aromatic carbocycles. The molecule has 0 spiro atoms. The number of rotatable bonds is 2. The van der Waals surface area contributed by atoms with Crippen molar-refractivity contribution in [2.24, 2.45) is 0 Å². The summed E-state index contributed by atoms with van der Waals surface area (Å²) in [6.07, 6.45) is 6.23. The van der Waals surface area contributed by atoms with Crippen LogP contribution in [0.4, 0.5) is 5.69 Å². The molecule has 3 rings (SSSR count). The van der Waals surface area contributed by atoms with E-state index in [9.17, 15) is 0 Å². The summed E-state index contributed by atoms with van der Waals surface area (Å²) < 4.78 is 0. The number of pyridine rings is 1. The highest BCUT2D eigenvalue weighted by atomic mass is 15.1. The number of piperidine rings is 1. The van der Waals surface area contributed by atoms with E-state index in [-0.39, 0.29) is 0 Å². The van der Waals surface area contributed by atoms with Crippen molar-refractivity contribution in [2.45, 2.75) is 18.9 Å². The summed E-state index contributed by atoms with van der Waals surface area (Å²) in [6.45, 7) is 2.37. The summed E-state index contributed by atoms with van der Waals surface area (Å²) in [7, 11) is 2.19. The van der Waals surface area contributed by atoms with Crippen LogP contribution >= 0.6 is 0 Å². The van der Waals surface area contributed by atoms with Crippen LogP contribution in [0.25, 0.3) is 10.8 Å². The SMILES string of the molecule is CN1CCC(Nc2cccc3cnccc23)CC1. The summed E-state index contributed by atoms with van der Waals surface area (Å²) in [5.41, 5.74) is 1.24. The molecule has 2 heterocycles. The van der Waals surface area contributed by atoms with E-state index in [1.165, 1.54) is 42.4 Å². The Labute approximate surface area is 108 Å². The molecule has 1 saturated heterocycles. The molecule has 0 atom stereocenters. The first-order chi connectivity index (χ1) is 8.83. The molecule has 0 radical (unpaired) electrons. The summed E-state index contributed by atoms with van der Waals surface area (Å²) in [5.74, 6) is 0. The van der Waals surface area contributed by atoms with Crippen LogP contribution in [-0.2, 0) is 0 Å². The second kappa shape index (κ2) is 4.94. The highest BCUT2D eigenvalue weighted by Gasteiger charge is 2.16. The van der Waals surface area contributed by atoms with Crippen LogP contribution in [0.15, 0.2) is 36.7 Å². The molecule has 18 heavy (non-hydrogen) atoms. The smallest absolute Gasteiger partial charge is 0.0423 e. The molecule has 3 nitrogen and oxygen atoms in total. The van der Waals surface area contributed by atoms with Crippen LogP contribution in [0.3, 0.4) is 0 Å². The van der Waals surface area contributed by atoms with Crippen molar-refractivity contribution in [3.63, 3.8) is 0 Å². The highest BCUT2D eigenvalue weighted by Crippen LogP contribution is 2.24. The summed E-state index contributed by atoms with van der Waals surface area (Å²) in [6, 6.07) is 9.07. The maximum Gasteiger partial charge on any atom is 0.0423 e. The number of likely N-dealkylation sites (tertiary alicyclic amines) is 1. The van der Waals surface area contributed by atoms with E-state index in [1.807, 2.05) is 12.4 Å². The third-order valence-electron chi connectivity index (χ3n) is 3.76. The number of hydrogen-bond acceptors (Lipinski definition) is 3. The second-order valence-corrected chi connectivity index (χ2v) is 5.12. The fourth-order valence-corrected chi connectivity index (χ4v) is 2.62. The lowest BCUT2D eigenvalue weighted by molar-refractivity contribution is 0.264. The molecule has 0 bridgehead atoms. The molecule has 94 valence electrons. The predicted octanol–water partition coefficient (Wildman–Crippen LogP) is 2.74. The summed E-state index contributed by atoms with van der Waals surface area (Å²) >= 11 is 0. The van der Waals surface area contributed by atoms with Crippen molar-refractivity contribution in [1.29, 1.82) is 0 Å². The fraction of sp³-hybridized carbons (Fsp3) is 0.400. The van der Waals surface area contributed by atoms with Crippen molar-refractivity contribution >= 4 is 16.5 Å². The first-order valence-corrected chi connectivity index (χ1v) is 6.61. The first-order valence-electron chi connectivity index (χ1n) is 6.61. The van der Waals surface area contributed by atoms with Crippen molar-refractivity contribution in [3.8, 4) is 0 Å². The van der Waals surface area contributed by atoms with Gasteiger partial charge in [0, 0.05) is 34.9 Å². The Morgan fingerprint density at radius 2 is 2.06 bits per heavy atom. The number of nitrogens with zero attached hydrogens (tertiary/aromatic N) is 2. The Balaban J connectivity index is 1.82.